The molecule has 1 rings (SSSR count). The normalized spacial score (nSPS) is 10.3. The highest BCUT2D eigenvalue weighted by molar-refractivity contribution is 5.97. The van der Waals surface area contributed by atoms with E-state index < -0.39 is 0 Å². The second-order valence-corrected chi connectivity index (χ2v) is 3.57. The van der Waals surface area contributed by atoms with E-state index in [-0.39, 0.29) is 5.78 Å². The van der Waals surface area contributed by atoms with Crippen molar-refractivity contribution in [2.24, 2.45) is 0 Å². The van der Waals surface area contributed by atoms with Crippen molar-refractivity contribution in [1.82, 2.24) is 5.32 Å². The molecule has 0 radical (unpaired) electrons. The summed E-state index contributed by atoms with van der Waals surface area (Å²) in [5, 5.41) is 3.07. The van der Waals surface area contributed by atoms with Gasteiger partial charge in [-0.3, -0.25) is 4.79 Å². The van der Waals surface area contributed by atoms with Gasteiger partial charge in [-0.25, -0.2) is 0 Å². The zero-order chi connectivity index (χ0) is 11.8. The van der Waals surface area contributed by atoms with Crippen LogP contribution >= 0.6 is 0 Å². The van der Waals surface area contributed by atoms with E-state index in [0.717, 1.165) is 13.0 Å². The minimum absolute atomic E-state index is 0.0809. The summed E-state index contributed by atoms with van der Waals surface area (Å²) in [5.41, 5.74) is 6.90. The highest BCUT2D eigenvalue weighted by Gasteiger charge is 2.03. The first-order valence-corrected chi connectivity index (χ1v) is 5.32. The number of nitrogens with one attached hydrogen (secondary N) is 1. The number of benzene rings is 1. The van der Waals surface area contributed by atoms with Crippen LogP contribution in [-0.4, -0.2) is 32.6 Å². The second kappa shape index (κ2) is 6.98. The second-order valence-electron chi connectivity index (χ2n) is 3.57. The number of hydrogen-bond donors (Lipinski definition) is 2. The fraction of sp³-hybridized carbons (Fsp3) is 0.417. The van der Waals surface area contributed by atoms with Gasteiger partial charge in [-0.15, -0.1) is 0 Å². The number of Topliss-reactive ketones (excluding diaryl/α,β-unsaturated/α-hetero) is 1. The maximum absolute atomic E-state index is 11.7. The average molecular weight is 222 g/mol. The summed E-state index contributed by atoms with van der Waals surface area (Å²) in [6, 6.07) is 6.96. The maximum Gasteiger partial charge on any atom is 0.176 e. The van der Waals surface area contributed by atoms with Crippen LogP contribution in [0.15, 0.2) is 24.3 Å². The molecule has 1 aromatic carbocycles. The van der Waals surface area contributed by atoms with E-state index in [1.807, 2.05) is 0 Å². The third-order valence-corrected chi connectivity index (χ3v) is 2.22. The van der Waals surface area contributed by atoms with Crippen molar-refractivity contribution in [2.45, 2.75) is 6.42 Å². The number of ketones is 1. The Morgan fingerprint density at radius 3 is 2.69 bits per heavy atom. The van der Waals surface area contributed by atoms with Crippen molar-refractivity contribution in [3.8, 4) is 0 Å². The lowest BCUT2D eigenvalue weighted by Gasteiger charge is -2.04. The molecule has 0 aliphatic heterocycles. The molecule has 0 amide bonds. The Morgan fingerprint density at radius 2 is 2.06 bits per heavy atom. The van der Waals surface area contributed by atoms with Gasteiger partial charge in [-0.05, 0) is 37.2 Å². The molecule has 0 fully saturated rings. The summed E-state index contributed by atoms with van der Waals surface area (Å²) < 4.78 is 4.91. The van der Waals surface area contributed by atoms with Crippen LogP contribution in [0.2, 0.25) is 0 Å². The molecule has 1 aromatic rings. The molecule has 0 saturated carbocycles. The van der Waals surface area contributed by atoms with Gasteiger partial charge in [0.2, 0.25) is 0 Å². The Kier molecular flexibility index (Phi) is 5.53. The quantitative estimate of drug-likeness (QED) is 0.411. The summed E-state index contributed by atoms with van der Waals surface area (Å²) >= 11 is 0. The number of ether oxygens (including phenoxy) is 1. The van der Waals surface area contributed by atoms with Gasteiger partial charge in [0.25, 0.3) is 0 Å². The van der Waals surface area contributed by atoms with Gasteiger partial charge < -0.3 is 15.8 Å². The maximum atomic E-state index is 11.7. The molecular weight excluding hydrogens is 204 g/mol. The summed E-state index contributed by atoms with van der Waals surface area (Å²) in [4.78, 5) is 11.7. The fourth-order valence-corrected chi connectivity index (χ4v) is 1.31. The van der Waals surface area contributed by atoms with E-state index in [0.29, 0.717) is 24.4 Å². The molecule has 0 spiro atoms. The van der Waals surface area contributed by atoms with E-state index in [1.165, 1.54) is 0 Å². The van der Waals surface area contributed by atoms with Crippen molar-refractivity contribution in [2.75, 3.05) is 32.5 Å². The highest BCUT2D eigenvalue weighted by Crippen LogP contribution is 2.05. The van der Waals surface area contributed by atoms with Crippen LogP contribution in [0.4, 0.5) is 5.69 Å². The van der Waals surface area contributed by atoms with Crippen LogP contribution in [-0.2, 0) is 4.74 Å². The van der Waals surface area contributed by atoms with Gasteiger partial charge in [0.05, 0.1) is 6.54 Å². The smallest absolute Gasteiger partial charge is 0.176 e. The van der Waals surface area contributed by atoms with Gasteiger partial charge >= 0.3 is 0 Å². The lowest BCUT2D eigenvalue weighted by Crippen LogP contribution is -2.24. The fourth-order valence-electron chi connectivity index (χ4n) is 1.31. The van der Waals surface area contributed by atoms with E-state index in [2.05, 4.69) is 5.32 Å². The highest BCUT2D eigenvalue weighted by atomic mass is 16.5. The van der Waals surface area contributed by atoms with Crippen LogP contribution < -0.4 is 11.1 Å². The van der Waals surface area contributed by atoms with Gasteiger partial charge in [0.1, 0.15) is 0 Å². The average Bonchev–Trinajstić information content (AvgIpc) is 2.29. The molecule has 0 aliphatic rings. The first-order chi connectivity index (χ1) is 7.74. The van der Waals surface area contributed by atoms with E-state index in [9.17, 15) is 4.79 Å². The summed E-state index contributed by atoms with van der Waals surface area (Å²) in [6.07, 6.45) is 0.908. The molecule has 0 unspecified atom stereocenters. The Labute approximate surface area is 95.8 Å². The standard InChI is InChI=1S/C12H18N2O2/c1-16-8-2-7-14-9-12(15)10-3-5-11(13)6-4-10/h3-6,14H,2,7-9,13H2,1H3. The minimum atomic E-state index is 0.0809. The van der Waals surface area contributed by atoms with Crippen molar-refractivity contribution in [3.63, 3.8) is 0 Å². The van der Waals surface area contributed by atoms with Gasteiger partial charge in [0.15, 0.2) is 5.78 Å². The van der Waals surface area contributed by atoms with Crippen molar-refractivity contribution in [1.29, 1.82) is 0 Å². The van der Waals surface area contributed by atoms with Crippen LogP contribution in [0.5, 0.6) is 0 Å². The number of methoxy groups -OCH3 is 1. The molecule has 0 heterocycles. The first kappa shape index (κ1) is 12.7. The minimum Gasteiger partial charge on any atom is -0.399 e. The predicted octanol–water partition coefficient (Wildman–Crippen LogP) is 1.08. The van der Waals surface area contributed by atoms with Crippen LogP contribution in [0.1, 0.15) is 16.8 Å². The Hall–Kier alpha value is -1.39. The van der Waals surface area contributed by atoms with Gasteiger partial charge in [0, 0.05) is 25.0 Å². The number of nitrogen functional groups attached to an aromatic ring is 1. The first-order valence-electron chi connectivity index (χ1n) is 5.32. The molecule has 0 atom stereocenters. The predicted molar refractivity (Wildman–Crippen MR) is 64.5 cm³/mol. The molecule has 0 aliphatic carbocycles. The third-order valence-electron chi connectivity index (χ3n) is 2.22. The largest absolute Gasteiger partial charge is 0.399 e. The summed E-state index contributed by atoms with van der Waals surface area (Å²) in [7, 11) is 1.67. The molecule has 88 valence electrons. The Bertz CT molecular complexity index is 322. The van der Waals surface area contributed by atoms with E-state index in [4.69, 9.17) is 10.5 Å². The van der Waals surface area contributed by atoms with E-state index >= 15 is 0 Å². The molecule has 0 saturated heterocycles. The Morgan fingerprint density at radius 1 is 1.38 bits per heavy atom. The topological polar surface area (TPSA) is 64.3 Å². The molecular formula is C12H18N2O2. The Balaban J connectivity index is 2.27. The van der Waals surface area contributed by atoms with Crippen molar-refractivity contribution in [3.05, 3.63) is 29.8 Å². The molecule has 0 bridgehead atoms. The monoisotopic (exact) mass is 222 g/mol. The number of hydrogen-bond acceptors (Lipinski definition) is 4. The summed E-state index contributed by atoms with van der Waals surface area (Å²) in [5.74, 6) is 0.0809. The molecule has 0 aromatic heterocycles. The molecule has 3 N–H and O–H groups in total. The van der Waals surface area contributed by atoms with Crippen molar-refractivity contribution >= 4 is 11.5 Å². The zero-order valence-electron chi connectivity index (χ0n) is 9.53. The van der Waals surface area contributed by atoms with E-state index in [1.54, 1.807) is 31.4 Å². The van der Waals surface area contributed by atoms with Crippen LogP contribution in [0.25, 0.3) is 0 Å². The number of rotatable bonds is 7. The van der Waals surface area contributed by atoms with Crippen LogP contribution in [0.3, 0.4) is 0 Å². The summed E-state index contributed by atoms with van der Waals surface area (Å²) in [6.45, 7) is 1.85. The number of carbonyl (C=O) groups is 1. The molecule has 16 heavy (non-hydrogen) atoms. The lowest BCUT2D eigenvalue weighted by atomic mass is 10.1. The number of carbonyl (C=O) groups excluding carboxylic acids is 1. The van der Waals surface area contributed by atoms with Crippen molar-refractivity contribution < 1.29 is 9.53 Å². The van der Waals surface area contributed by atoms with Gasteiger partial charge in [-0.1, -0.05) is 0 Å². The number of anilines is 1. The SMILES string of the molecule is COCCCNCC(=O)c1ccc(N)cc1. The zero-order valence-corrected chi connectivity index (χ0v) is 9.53. The molecule has 4 nitrogen and oxygen atoms in total. The molecule has 4 heteroatoms. The lowest BCUT2D eigenvalue weighted by molar-refractivity contribution is 0.0990. The van der Waals surface area contributed by atoms with Gasteiger partial charge in [-0.2, -0.15) is 0 Å². The van der Waals surface area contributed by atoms with Crippen LogP contribution in [0, 0.1) is 0 Å². The number of nitrogens with two attached hydrogens (primary N) is 1. The third kappa shape index (κ3) is 4.42.